The molecule has 0 aromatic rings. The van der Waals surface area contributed by atoms with Gasteiger partial charge < -0.3 is 14.6 Å². The van der Waals surface area contributed by atoms with Crippen molar-refractivity contribution in [2.45, 2.75) is 20.8 Å². The molecule has 0 rings (SSSR count). The summed E-state index contributed by atoms with van der Waals surface area (Å²) < 4.78 is 9.41. The summed E-state index contributed by atoms with van der Waals surface area (Å²) in [5, 5.41) is 8.31. The highest BCUT2D eigenvalue weighted by atomic mass is 32.2. The Morgan fingerprint density at radius 1 is 1.38 bits per heavy atom. The number of hydrogen-bond acceptors (Lipinski definition) is 5. The van der Waals surface area contributed by atoms with Crippen molar-refractivity contribution in [3.8, 4) is 0 Å². The van der Waals surface area contributed by atoms with Gasteiger partial charge in [0.15, 0.2) is 11.9 Å². The Kier molecular flexibility index (Phi) is 6.32. The predicted molar refractivity (Wildman–Crippen MR) is 51.0 cm³/mol. The fourth-order valence-electron chi connectivity index (χ4n) is 0.442. The van der Waals surface area contributed by atoms with E-state index in [9.17, 15) is 4.79 Å². The van der Waals surface area contributed by atoms with Crippen LogP contribution in [0.3, 0.4) is 0 Å². The van der Waals surface area contributed by atoms with Gasteiger partial charge in [-0.3, -0.25) is 4.79 Å². The minimum absolute atomic E-state index is 0.0148. The van der Waals surface area contributed by atoms with Gasteiger partial charge in [-0.15, -0.1) is 0 Å². The molecule has 0 fully saturated rings. The molecule has 0 aromatic carbocycles. The van der Waals surface area contributed by atoms with Crippen molar-refractivity contribution < 1.29 is 19.4 Å². The summed E-state index contributed by atoms with van der Waals surface area (Å²) in [5.41, 5.74) is -0.341. The summed E-state index contributed by atoms with van der Waals surface area (Å²) in [4.78, 5) is 11.3. The maximum absolute atomic E-state index is 11.3. The topological polar surface area (TPSA) is 55.8 Å². The molecular formula is C8H16O4S. The smallest absolute Gasteiger partial charge is 0.196 e. The first kappa shape index (κ1) is 12.9. The first-order valence-electron chi connectivity index (χ1n) is 3.92. The first-order valence-corrected chi connectivity index (χ1v) is 4.90. The molecule has 0 aromatic heterocycles. The number of rotatable bonds is 5. The van der Waals surface area contributed by atoms with Crippen LogP contribution in [0.15, 0.2) is 0 Å². The van der Waals surface area contributed by atoms with Crippen molar-refractivity contribution in [1.29, 1.82) is 0 Å². The molecule has 0 unspecified atom stereocenters. The van der Waals surface area contributed by atoms with Crippen molar-refractivity contribution >= 4 is 16.9 Å². The summed E-state index contributed by atoms with van der Waals surface area (Å²) >= 11 is 1.11. The molecule has 0 saturated heterocycles. The molecule has 0 atom stereocenters. The maximum atomic E-state index is 11.3. The maximum Gasteiger partial charge on any atom is 0.196 e. The molecule has 0 aliphatic heterocycles. The fraction of sp³-hybridized carbons (Fsp3) is 0.875. The molecule has 0 aliphatic rings. The zero-order chi connectivity index (χ0) is 10.3. The molecule has 5 heteroatoms. The number of hydrogen-bond donors (Lipinski definition) is 1. The molecule has 13 heavy (non-hydrogen) atoms. The third kappa shape index (κ3) is 7.01. The lowest BCUT2D eigenvalue weighted by Gasteiger charge is -2.15. The normalized spacial score (nSPS) is 11.7. The van der Waals surface area contributed by atoms with E-state index in [2.05, 4.69) is 4.74 Å². The molecule has 0 spiro atoms. The molecule has 0 saturated carbocycles. The van der Waals surface area contributed by atoms with Crippen LogP contribution in [0.4, 0.5) is 0 Å². The number of carbonyl (C=O) groups excluding carboxylic acids is 1. The molecule has 0 amide bonds. The Labute approximate surface area is 82.6 Å². The summed E-state index contributed by atoms with van der Waals surface area (Å²) in [6.45, 7) is 5.21. The minimum atomic E-state index is -0.363. The Hall–Kier alpha value is -0.100. The number of thioether (sulfide) groups is 1. The average molecular weight is 208 g/mol. The highest BCUT2D eigenvalue weighted by Gasteiger charge is 2.21. The van der Waals surface area contributed by atoms with E-state index in [1.165, 1.54) is 0 Å². The largest absolute Gasteiger partial charge is 0.371 e. The zero-order valence-corrected chi connectivity index (χ0v) is 9.02. The predicted octanol–water partition coefficient (Wildman–Crippen LogP) is 1.19. The van der Waals surface area contributed by atoms with Crippen LogP contribution >= 0.6 is 11.8 Å². The van der Waals surface area contributed by atoms with Crippen LogP contribution in [-0.4, -0.2) is 29.7 Å². The number of carbonyl (C=O) groups is 1. The van der Waals surface area contributed by atoms with Crippen molar-refractivity contribution in [1.82, 2.24) is 0 Å². The second-order valence-corrected chi connectivity index (χ2v) is 4.35. The molecule has 0 radical (unpaired) electrons. The monoisotopic (exact) mass is 208 g/mol. The Morgan fingerprint density at radius 2 is 2.00 bits per heavy atom. The SMILES string of the molecule is CC(C)(C)C(=O)SCOCOCO. The fourth-order valence-corrected chi connectivity index (χ4v) is 1.13. The van der Waals surface area contributed by atoms with Crippen molar-refractivity contribution in [2.75, 3.05) is 19.5 Å². The van der Waals surface area contributed by atoms with Crippen molar-refractivity contribution in [3.63, 3.8) is 0 Å². The van der Waals surface area contributed by atoms with Gasteiger partial charge >= 0.3 is 0 Å². The van der Waals surface area contributed by atoms with Gasteiger partial charge in [0, 0.05) is 5.41 Å². The highest BCUT2D eigenvalue weighted by Crippen LogP contribution is 2.22. The molecule has 1 N–H and O–H groups in total. The van der Waals surface area contributed by atoms with Crippen LogP contribution in [0.25, 0.3) is 0 Å². The van der Waals surface area contributed by atoms with E-state index >= 15 is 0 Å². The van der Waals surface area contributed by atoms with Crippen molar-refractivity contribution in [3.05, 3.63) is 0 Å². The highest BCUT2D eigenvalue weighted by molar-refractivity contribution is 8.13. The zero-order valence-electron chi connectivity index (χ0n) is 8.20. The van der Waals surface area contributed by atoms with Gasteiger partial charge in [0.2, 0.25) is 0 Å². The van der Waals surface area contributed by atoms with Gasteiger partial charge in [0.1, 0.15) is 12.7 Å². The van der Waals surface area contributed by atoms with E-state index in [0.717, 1.165) is 11.8 Å². The standard InChI is InChI=1S/C8H16O4S/c1-8(2,3)7(10)13-6-12-5-11-4-9/h9H,4-6H2,1-3H3. The molecule has 0 heterocycles. The summed E-state index contributed by atoms with van der Waals surface area (Å²) in [6.07, 6.45) is 0. The minimum Gasteiger partial charge on any atom is -0.371 e. The summed E-state index contributed by atoms with van der Waals surface area (Å²) in [6, 6.07) is 0. The van der Waals surface area contributed by atoms with Gasteiger partial charge in [0.25, 0.3) is 0 Å². The van der Waals surface area contributed by atoms with Crippen LogP contribution in [0.1, 0.15) is 20.8 Å². The van der Waals surface area contributed by atoms with Crippen LogP contribution in [0.5, 0.6) is 0 Å². The van der Waals surface area contributed by atoms with Gasteiger partial charge in [-0.25, -0.2) is 0 Å². The number of aliphatic hydroxyl groups excluding tert-OH is 1. The van der Waals surface area contributed by atoms with E-state index in [4.69, 9.17) is 9.84 Å². The van der Waals surface area contributed by atoms with Crippen LogP contribution < -0.4 is 0 Å². The number of ether oxygens (including phenoxy) is 2. The van der Waals surface area contributed by atoms with E-state index < -0.39 is 0 Å². The Bertz CT molecular complexity index is 153. The Balaban J connectivity index is 3.38. The molecule has 0 aliphatic carbocycles. The molecule has 4 nitrogen and oxygen atoms in total. The number of aliphatic hydroxyl groups is 1. The second-order valence-electron chi connectivity index (χ2n) is 3.45. The lowest BCUT2D eigenvalue weighted by atomic mass is 10.00. The summed E-state index contributed by atoms with van der Waals surface area (Å²) in [7, 11) is 0. The molecule has 0 bridgehead atoms. The lowest BCUT2D eigenvalue weighted by Crippen LogP contribution is -2.17. The van der Waals surface area contributed by atoms with E-state index in [1.54, 1.807) is 0 Å². The van der Waals surface area contributed by atoms with Gasteiger partial charge in [-0.05, 0) is 0 Å². The first-order chi connectivity index (χ1) is 5.98. The second kappa shape index (κ2) is 6.37. The van der Waals surface area contributed by atoms with Gasteiger partial charge in [0.05, 0.1) is 0 Å². The summed E-state index contributed by atoms with van der Waals surface area (Å²) in [5.74, 6) is 0.260. The third-order valence-electron chi connectivity index (χ3n) is 1.14. The molecular weight excluding hydrogens is 192 g/mol. The molecule has 78 valence electrons. The van der Waals surface area contributed by atoms with E-state index in [-0.39, 0.29) is 30.1 Å². The van der Waals surface area contributed by atoms with Crippen LogP contribution in [-0.2, 0) is 14.3 Å². The third-order valence-corrected chi connectivity index (χ3v) is 2.30. The average Bonchev–Trinajstić information content (AvgIpc) is 2.02. The quantitative estimate of drug-likeness (QED) is 0.543. The Morgan fingerprint density at radius 3 is 2.46 bits per heavy atom. The van der Waals surface area contributed by atoms with Crippen molar-refractivity contribution in [2.24, 2.45) is 5.41 Å². The van der Waals surface area contributed by atoms with E-state index in [1.807, 2.05) is 20.8 Å². The lowest BCUT2D eigenvalue weighted by molar-refractivity contribution is -0.117. The van der Waals surface area contributed by atoms with Gasteiger partial charge in [-0.1, -0.05) is 32.5 Å². The van der Waals surface area contributed by atoms with Crippen LogP contribution in [0, 0.1) is 5.41 Å². The van der Waals surface area contributed by atoms with Gasteiger partial charge in [-0.2, -0.15) is 0 Å². The van der Waals surface area contributed by atoms with Crippen LogP contribution in [0.2, 0.25) is 0 Å². The van der Waals surface area contributed by atoms with E-state index in [0.29, 0.717) is 0 Å².